The van der Waals surface area contributed by atoms with Gasteiger partial charge in [-0.15, -0.1) is 0 Å². The number of fused-ring (bicyclic) bond motifs is 1. The SMILES string of the molecule is Cc1c(CC(=O)Nc2cccc(Cl)c2)c2c(=O)n(C)c(=O)n(C)c2n1C. The number of hydrogen-bond donors (Lipinski definition) is 1. The fraction of sp³-hybridized carbons (Fsp3) is 0.278. The van der Waals surface area contributed by atoms with E-state index in [0.29, 0.717) is 27.3 Å². The molecule has 1 amide bonds. The second kappa shape index (κ2) is 6.49. The lowest BCUT2D eigenvalue weighted by Gasteiger charge is -2.07. The van der Waals surface area contributed by atoms with E-state index in [1.54, 1.807) is 42.9 Å². The number of nitrogens with one attached hydrogen (secondary N) is 1. The van der Waals surface area contributed by atoms with Crippen LogP contribution in [0.3, 0.4) is 0 Å². The van der Waals surface area contributed by atoms with Crippen LogP contribution in [0, 0.1) is 6.92 Å². The molecule has 0 bridgehead atoms. The molecule has 0 atom stereocenters. The number of hydrogen-bond acceptors (Lipinski definition) is 3. The van der Waals surface area contributed by atoms with E-state index < -0.39 is 11.2 Å². The highest BCUT2D eigenvalue weighted by atomic mass is 35.5. The second-order valence-electron chi connectivity index (χ2n) is 6.26. The average Bonchev–Trinajstić information content (AvgIpc) is 2.83. The fourth-order valence-electron chi connectivity index (χ4n) is 3.18. The molecule has 7 nitrogen and oxygen atoms in total. The van der Waals surface area contributed by atoms with E-state index in [1.807, 2.05) is 6.92 Å². The summed E-state index contributed by atoms with van der Waals surface area (Å²) in [5, 5.41) is 3.69. The van der Waals surface area contributed by atoms with Crippen molar-refractivity contribution in [2.24, 2.45) is 21.1 Å². The van der Waals surface area contributed by atoms with Crippen LogP contribution >= 0.6 is 11.6 Å². The molecule has 0 aliphatic rings. The van der Waals surface area contributed by atoms with Crippen LogP contribution in [0.1, 0.15) is 11.3 Å². The zero-order chi connectivity index (χ0) is 19.2. The lowest BCUT2D eigenvalue weighted by molar-refractivity contribution is -0.115. The van der Waals surface area contributed by atoms with Crippen molar-refractivity contribution >= 4 is 34.2 Å². The maximum absolute atomic E-state index is 12.7. The molecule has 0 unspecified atom stereocenters. The number of amides is 1. The van der Waals surface area contributed by atoms with Gasteiger partial charge in [-0.1, -0.05) is 17.7 Å². The minimum Gasteiger partial charge on any atom is -0.334 e. The molecule has 8 heteroatoms. The Morgan fingerprint density at radius 2 is 1.81 bits per heavy atom. The third-order valence-electron chi connectivity index (χ3n) is 4.64. The number of halogens is 1. The Morgan fingerprint density at radius 3 is 2.46 bits per heavy atom. The molecule has 136 valence electrons. The molecular formula is C18H19ClN4O3. The Morgan fingerprint density at radius 1 is 1.12 bits per heavy atom. The number of rotatable bonds is 3. The van der Waals surface area contributed by atoms with Crippen molar-refractivity contribution in [3.63, 3.8) is 0 Å². The fourth-order valence-corrected chi connectivity index (χ4v) is 3.37. The smallest absolute Gasteiger partial charge is 0.332 e. The molecule has 3 rings (SSSR count). The van der Waals surface area contributed by atoms with Gasteiger partial charge in [-0.25, -0.2) is 4.79 Å². The Hall–Kier alpha value is -2.80. The standard InChI is InChI=1S/C18H19ClN4O3/c1-10-13(9-14(24)20-12-7-5-6-11(19)8-12)15-16(21(10)2)22(3)18(26)23(4)17(15)25/h5-8H,9H2,1-4H3,(H,20,24). The first-order chi connectivity index (χ1) is 12.2. The normalized spacial score (nSPS) is 11.1. The number of carbonyl (C=O) groups is 1. The minimum absolute atomic E-state index is 0.0170. The Labute approximate surface area is 154 Å². The number of nitrogens with zero attached hydrogens (tertiary/aromatic N) is 3. The predicted octanol–water partition coefficient (Wildman–Crippen LogP) is 1.72. The minimum atomic E-state index is -0.405. The third-order valence-corrected chi connectivity index (χ3v) is 4.87. The van der Waals surface area contributed by atoms with Crippen molar-refractivity contribution in [3.8, 4) is 0 Å². The largest absolute Gasteiger partial charge is 0.334 e. The third kappa shape index (κ3) is 2.84. The summed E-state index contributed by atoms with van der Waals surface area (Å²) in [4.78, 5) is 37.4. The quantitative estimate of drug-likeness (QED) is 0.758. The van der Waals surface area contributed by atoms with Gasteiger partial charge in [-0.05, 0) is 30.7 Å². The van der Waals surface area contributed by atoms with Gasteiger partial charge >= 0.3 is 5.69 Å². The van der Waals surface area contributed by atoms with Crippen molar-refractivity contribution in [2.75, 3.05) is 5.32 Å². The first kappa shape index (κ1) is 18.0. The number of aryl methyl sites for hydroxylation is 2. The lowest BCUT2D eigenvalue weighted by Crippen LogP contribution is -2.37. The summed E-state index contributed by atoms with van der Waals surface area (Å²) in [5.74, 6) is -0.265. The number of carbonyl (C=O) groups excluding carboxylic acids is 1. The van der Waals surface area contributed by atoms with Gasteiger partial charge in [-0.2, -0.15) is 0 Å². The Balaban J connectivity index is 2.08. The van der Waals surface area contributed by atoms with Gasteiger partial charge in [0, 0.05) is 37.5 Å². The van der Waals surface area contributed by atoms with Crippen molar-refractivity contribution in [3.05, 3.63) is 61.4 Å². The van der Waals surface area contributed by atoms with Gasteiger partial charge in [0.05, 0.1) is 11.8 Å². The molecule has 0 aliphatic carbocycles. The summed E-state index contributed by atoms with van der Waals surface area (Å²) >= 11 is 5.93. The number of benzene rings is 1. The molecule has 1 N–H and O–H groups in total. The van der Waals surface area contributed by atoms with Gasteiger partial charge in [0.25, 0.3) is 5.56 Å². The maximum Gasteiger partial charge on any atom is 0.332 e. The molecular weight excluding hydrogens is 356 g/mol. The predicted molar refractivity (Wildman–Crippen MR) is 102 cm³/mol. The maximum atomic E-state index is 12.7. The van der Waals surface area contributed by atoms with E-state index in [2.05, 4.69) is 5.32 Å². The Bertz CT molecular complexity index is 1150. The number of anilines is 1. The molecule has 2 heterocycles. The summed E-state index contributed by atoms with van der Waals surface area (Å²) in [6.07, 6.45) is 0.0170. The number of aromatic nitrogens is 3. The van der Waals surface area contributed by atoms with E-state index in [9.17, 15) is 14.4 Å². The molecule has 1 aromatic carbocycles. The van der Waals surface area contributed by atoms with Crippen LogP contribution in [0.25, 0.3) is 11.0 Å². The van der Waals surface area contributed by atoms with Gasteiger partial charge in [0.15, 0.2) is 0 Å². The average molecular weight is 375 g/mol. The van der Waals surface area contributed by atoms with Gasteiger partial charge in [0.2, 0.25) is 5.91 Å². The highest BCUT2D eigenvalue weighted by Gasteiger charge is 2.21. The van der Waals surface area contributed by atoms with Crippen LogP contribution in [-0.2, 0) is 32.4 Å². The molecule has 3 aromatic rings. The van der Waals surface area contributed by atoms with Crippen molar-refractivity contribution < 1.29 is 4.79 Å². The van der Waals surface area contributed by atoms with Gasteiger partial charge < -0.3 is 9.88 Å². The second-order valence-corrected chi connectivity index (χ2v) is 6.70. The molecule has 0 spiro atoms. The van der Waals surface area contributed by atoms with E-state index in [4.69, 9.17) is 11.6 Å². The molecule has 0 fully saturated rings. The van der Waals surface area contributed by atoms with Crippen molar-refractivity contribution in [1.29, 1.82) is 0 Å². The summed E-state index contributed by atoms with van der Waals surface area (Å²) in [5.41, 5.74) is 1.65. The first-order valence-corrected chi connectivity index (χ1v) is 8.39. The molecule has 0 aliphatic heterocycles. The molecule has 0 saturated carbocycles. The van der Waals surface area contributed by atoms with E-state index in [1.165, 1.54) is 11.6 Å². The van der Waals surface area contributed by atoms with Crippen LogP contribution in [0.5, 0.6) is 0 Å². The van der Waals surface area contributed by atoms with Crippen LogP contribution in [0.4, 0.5) is 5.69 Å². The van der Waals surface area contributed by atoms with E-state index in [0.717, 1.165) is 10.3 Å². The van der Waals surface area contributed by atoms with Gasteiger partial charge in [0.1, 0.15) is 5.65 Å². The van der Waals surface area contributed by atoms with Crippen molar-refractivity contribution in [1.82, 2.24) is 13.7 Å². The zero-order valence-electron chi connectivity index (χ0n) is 15.0. The molecule has 0 radical (unpaired) electrons. The zero-order valence-corrected chi connectivity index (χ0v) is 15.7. The van der Waals surface area contributed by atoms with Crippen LogP contribution in [-0.4, -0.2) is 19.6 Å². The van der Waals surface area contributed by atoms with Crippen LogP contribution < -0.4 is 16.6 Å². The van der Waals surface area contributed by atoms with E-state index in [-0.39, 0.29) is 12.3 Å². The summed E-state index contributed by atoms with van der Waals surface area (Å²) in [6, 6.07) is 6.85. The summed E-state index contributed by atoms with van der Waals surface area (Å²) in [6.45, 7) is 1.83. The monoisotopic (exact) mass is 374 g/mol. The van der Waals surface area contributed by atoms with Gasteiger partial charge in [-0.3, -0.25) is 18.7 Å². The Kier molecular flexibility index (Phi) is 4.50. The van der Waals surface area contributed by atoms with Crippen molar-refractivity contribution in [2.45, 2.75) is 13.3 Å². The topological polar surface area (TPSA) is 78.0 Å². The summed E-state index contributed by atoms with van der Waals surface area (Å²) < 4.78 is 4.24. The molecule has 0 saturated heterocycles. The highest BCUT2D eigenvalue weighted by Crippen LogP contribution is 2.22. The highest BCUT2D eigenvalue weighted by molar-refractivity contribution is 6.30. The molecule has 26 heavy (non-hydrogen) atoms. The van der Waals surface area contributed by atoms with E-state index >= 15 is 0 Å². The first-order valence-electron chi connectivity index (χ1n) is 8.01. The lowest BCUT2D eigenvalue weighted by atomic mass is 10.1. The molecule has 2 aromatic heterocycles. The van der Waals surface area contributed by atoms with Crippen LogP contribution in [0.15, 0.2) is 33.9 Å². The summed E-state index contributed by atoms with van der Waals surface area (Å²) in [7, 11) is 4.82. The van der Waals surface area contributed by atoms with Crippen LogP contribution in [0.2, 0.25) is 5.02 Å².